The number of nitrogens with zero attached hydrogens (tertiary/aromatic N) is 1. The standard InChI is InChI=1S/C21H20BrNO6/c1-4-23-16(11-6-5-7-12(24)10-11)15(22)17(25)14-18(26)21(28-3)20-13(8-9-29-20)19(14)27-2/h5-10,15,24,26H,4H2,1-3H3. The Morgan fingerprint density at radius 3 is 2.55 bits per heavy atom. The number of hydrogen-bond acceptors (Lipinski definition) is 7. The molecule has 0 aliphatic heterocycles. The van der Waals surface area contributed by atoms with Crippen molar-refractivity contribution in [2.24, 2.45) is 4.99 Å². The number of furan rings is 1. The molecule has 0 saturated heterocycles. The summed E-state index contributed by atoms with van der Waals surface area (Å²) >= 11 is 3.41. The molecule has 2 aromatic carbocycles. The quantitative estimate of drug-likeness (QED) is 0.308. The number of carbonyl (C=O) groups excluding carboxylic acids is 1. The molecule has 0 radical (unpaired) electrons. The molecule has 1 unspecified atom stereocenters. The molecule has 0 amide bonds. The average molecular weight is 462 g/mol. The van der Waals surface area contributed by atoms with Crippen LogP contribution >= 0.6 is 15.9 Å². The molecular formula is C21H20BrNO6. The Morgan fingerprint density at radius 2 is 1.93 bits per heavy atom. The van der Waals surface area contributed by atoms with Gasteiger partial charge in [-0.1, -0.05) is 28.1 Å². The largest absolute Gasteiger partial charge is 0.508 e. The Labute approximate surface area is 175 Å². The Bertz CT molecular complexity index is 1090. The number of phenolic OH excluding ortho intramolecular Hbond substituents is 2. The number of carbonyl (C=O) groups is 1. The minimum Gasteiger partial charge on any atom is -0.508 e. The van der Waals surface area contributed by atoms with Crippen LogP contribution in [-0.4, -0.2) is 47.3 Å². The zero-order valence-electron chi connectivity index (χ0n) is 16.1. The van der Waals surface area contributed by atoms with Gasteiger partial charge in [-0.2, -0.15) is 0 Å². The van der Waals surface area contributed by atoms with Gasteiger partial charge in [0.1, 0.15) is 21.9 Å². The number of ketones is 1. The summed E-state index contributed by atoms with van der Waals surface area (Å²) in [6.07, 6.45) is 1.42. The highest BCUT2D eigenvalue weighted by Crippen LogP contribution is 2.46. The van der Waals surface area contributed by atoms with E-state index in [-0.39, 0.29) is 34.1 Å². The van der Waals surface area contributed by atoms with Gasteiger partial charge in [-0.05, 0) is 25.1 Å². The molecule has 0 bridgehead atoms. The van der Waals surface area contributed by atoms with E-state index >= 15 is 0 Å². The molecule has 1 atom stereocenters. The van der Waals surface area contributed by atoms with Crippen molar-refractivity contribution in [1.82, 2.24) is 0 Å². The highest BCUT2D eigenvalue weighted by molar-refractivity contribution is 9.10. The lowest BCUT2D eigenvalue weighted by Crippen LogP contribution is -2.26. The lowest BCUT2D eigenvalue weighted by molar-refractivity contribution is 0.100. The van der Waals surface area contributed by atoms with Crippen LogP contribution in [0.5, 0.6) is 23.0 Å². The summed E-state index contributed by atoms with van der Waals surface area (Å²) in [5.41, 5.74) is 1.22. The molecule has 2 N–H and O–H groups in total. The first kappa shape index (κ1) is 20.7. The number of methoxy groups -OCH3 is 2. The maximum absolute atomic E-state index is 13.4. The van der Waals surface area contributed by atoms with E-state index in [1.165, 1.54) is 32.6 Å². The van der Waals surface area contributed by atoms with E-state index in [0.29, 0.717) is 23.2 Å². The summed E-state index contributed by atoms with van der Waals surface area (Å²) in [6, 6.07) is 8.09. The zero-order chi connectivity index (χ0) is 21.1. The number of aliphatic imine (C=N–C) groups is 1. The van der Waals surface area contributed by atoms with Crippen molar-refractivity contribution in [3.05, 3.63) is 47.7 Å². The molecule has 29 heavy (non-hydrogen) atoms. The van der Waals surface area contributed by atoms with E-state index in [4.69, 9.17) is 13.9 Å². The van der Waals surface area contributed by atoms with Crippen LogP contribution in [0.1, 0.15) is 22.8 Å². The van der Waals surface area contributed by atoms with Crippen molar-refractivity contribution < 1.29 is 28.9 Å². The van der Waals surface area contributed by atoms with E-state index < -0.39 is 10.6 Å². The number of benzene rings is 2. The molecule has 152 valence electrons. The van der Waals surface area contributed by atoms with Gasteiger partial charge in [0.25, 0.3) is 0 Å². The Kier molecular flexibility index (Phi) is 6.12. The van der Waals surface area contributed by atoms with Gasteiger partial charge in [-0.25, -0.2) is 0 Å². The van der Waals surface area contributed by atoms with Crippen LogP contribution in [-0.2, 0) is 0 Å². The van der Waals surface area contributed by atoms with Gasteiger partial charge in [0.2, 0.25) is 5.75 Å². The number of fused-ring (bicyclic) bond motifs is 1. The molecule has 3 rings (SSSR count). The van der Waals surface area contributed by atoms with Gasteiger partial charge < -0.3 is 24.1 Å². The van der Waals surface area contributed by atoms with Crippen LogP contribution in [0.15, 0.2) is 46.0 Å². The van der Waals surface area contributed by atoms with Crippen LogP contribution in [0.4, 0.5) is 0 Å². The van der Waals surface area contributed by atoms with Crippen molar-refractivity contribution in [1.29, 1.82) is 0 Å². The monoisotopic (exact) mass is 461 g/mol. The molecule has 1 aromatic heterocycles. The van der Waals surface area contributed by atoms with Gasteiger partial charge in [0.05, 0.1) is 31.6 Å². The van der Waals surface area contributed by atoms with Gasteiger partial charge in [-0.15, -0.1) is 0 Å². The summed E-state index contributed by atoms with van der Waals surface area (Å²) in [4.78, 5) is 17.0. The minimum absolute atomic E-state index is 0.0418. The topological polar surface area (TPSA) is 101 Å². The normalized spacial score (nSPS) is 12.8. The van der Waals surface area contributed by atoms with Crippen molar-refractivity contribution in [3.63, 3.8) is 0 Å². The summed E-state index contributed by atoms with van der Waals surface area (Å²) in [6.45, 7) is 2.26. The van der Waals surface area contributed by atoms with Gasteiger partial charge >= 0.3 is 0 Å². The fraction of sp³-hybridized carbons (Fsp3) is 0.238. The van der Waals surface area contributed by atoms with Crippen LogP contribution < -0.4 is 9.47 Å². The van der Waals surface area contributed by atoms with Crippen molar-refractivity contribution in [3.8, 4) is 23.0 Å². The van der Waals surface area contributed by atoms with E-state index in [0.717, 1.165) is 0 Å². The first-order chi connectivity index (χ1) is 13.9. The molecule has 0 aliphatic rings. The minimum atomic E-state index is -0.905. The third kappa shape index (κ3) is 3.67. The molecule has 0 saturated carbocycles. The van der Waals surface area contributed by atoms with E-state index in [1.807, 2.05) is 6.92 Å². The Morgan fingerprint density at radius 1 is 1.21 bits per heavy atom. The third-order valence-electron chi connectivity index (χ3n) is 4.39. The number of aromatic hydroxyl groups is 2. The summed E-state index contributed by atoms with van der Waals surface area (Å²) in [5, 5.41) is 21.1. The molecular weight excluding hydrogens is 442 g/mol. The van der Waals surface area contributed by atoms with E-state index in [9.17, 15) is 15.0 Å². The molecule has 0 fully saturated rings. The molecule has 7 nitrogen and oxygen atoms in total. The molecule has 1 heterocycles. The van der Waals surface area contributed by atoms with Crippen molar-refractivity contribution in [2.45, 2.75) is 11.8 Å². The average Bonchev–Trinajstić information content (AvgIpc) is 3.19. The number of phenols is 2. The van der Waals surface area contributed by atoms with Crippen molar-refractivity contribution >= 4 is 38.4 Å². The predicted octanol–water partition coefficient (Wildman–Crippen LogP) is 4.32. The summed E-state index contributed by atoms with van der Waals surface area (Å²) < 4.78 is 16.1. The number of alkyl halides is 1. The van der Waals surface area contributed by atoms with Gasteiger partial charge in [0.15, 0.2) is 17.1 Å². The number of Topliss-reactive ketones (excluding diaryl/α,β-unsaturated/α-hetero) is 1. The summed E-state index contributed by atoms with van der Waals surface area (Å²) in [7, 11) is 2.78. The lowest BCUT2D eigenvalue weighted by Gasteiger charge is -2.18. The lowest BCUT2D eigenvalue weighted by atomic mass is 9.97. The molecule has 0 spiro atoms. The number of hydrogen-bond donors (Lipinski definition) is 2. The highest BCUT2D eigenvalue weighted by atomic mass is 79.9. The molecule has 0 aliphatic carbocycles. The zero-order valence-corrected chi connectivity index (χ0v) is 17.7. The first-order valence-electron chi connectivity index (χ1n) is 8.80. The summed E-state index contributed by atoms with van der Waals surface area (Å²) in [5.74, 6) is -0.585. The fourth-order valence-electron chi connectivity index (χ4n) is 3.16. The highest BCUT2D eigenvalue weighted by Gasteiger charge is 2.33. The number of halogens is 1. The van der Waals surface area contributed by atoms with E-state index in [1.54, 1.807) is 18.2 Å². The maximum atomic E-state index is 13.4. The molecule has 3 aromatic rings. The third-order valence-corrected chi connectivity index (χ3v) is 5.24. The Balaban J connectivity index is 2.17. The predicted molar refractivity (Wildman–Crippen MR) is 113 cm³/mol. The smallest absolute Gasteiger partial charge is 0.205 e. The van der Waals surface area contributed by atoms with Crippen LogP contribution in [0.25, 0.3) is 11.0 Å². The maximum Gasteiger partial charge on any atom is 0.205 e. The van der Waals surface area contributed by atoms with Crippen molar-refractivity contribution in [2.75, 3.05) is 20.8 Å². The number of rotatable bonds is 7. The van der Waals surface area contributed by atoms with Crippen LogP contribution in [0.3, 0.4) is 0 Å². The SMILES string of the molecule is CCN=C(c1cccc(O)c1)C(Br)C(=O)c1c(O)c(OC)c2occc2c1OC. The second-order valence-electron chi connectivity index (χ2n) is 6.09. The van der Waals surface area contributed by atoms with E-state index in [2.05, 4.69) is 20.9 Å². The second-order valence-corrected chi connectivity index (χ2v) is 7.01. The van der Waals surface area contributed by atoms with Gasteiger partial charge in [-0.3, -0.25) is 9.79 Å². The number of ether oxygens (including phenoxy) is 2. The second kappa shape index (κ2) is 8.57. The van der Waals surface area contributed by atoms with Crippen LogP contribution in [0, 0.1) is 0 Å². The first-order valence-corrected chi connectivity index (χ1v) is 9.72. The fourth-order valence-corrected chi connectivity index (χ4v) is 3.80. The van der Waals surface area contributed by atoms with Crippen LogP contribution in [0.2, 0.25) is 0 Å². The Hall–Kier alpha value is -3.00. The van der Waals surface area contributed by atoms with Gasteiger partial charge in [0, 0.05) is 12.1 Å². The molecule has 8 heteroatoms.